The predicted molar refractivity (Wildman–Crippen MR) is 113 cm³/mol. The second kappa shape index (κ2) is 9.39. The minimum atomic E-state index is -0.259. The van der Waals surface area contributed by atoms with E-state index in [1.54, 1.807) is 6.07 Å². The number of likely N-dealkylation sites (N-methyl/N-ethyl adjacent to an activating group) is 1. The number of amides is 1. The Morgan fingerprint density at radius 1 is 1.14 bits per heavy atom. The van der Waals surface area contributed by atoms with Crippen LogP contribution in [0.5, 0.6) is 5.75 Å². The molecule has 0 spiro atoms. The lowest BCUT2D eigenvalue weighted by molar-refractivity contribution is 0.0933. The molecule has 1 heterocycles. The van der Waals surface area contributed by atoms with Crippen molar-refractivity contribution in [2.75, 3.05) is 27.2 Å². The van der Waals surface area contributed by atoms with Crippen molar-refractivity contribution in [3.8, 4) is 17.1 Å². The molecule has 6 heteroatoms. The summed E-state index contributed by atoms with van der Waals surface area (Å²) in [6.45, 7) is 5.08. The molecule has 0 aliphatic carbocycles. The molecule has 152 valence electrons. The van der Waals surface area contributed by atoms with Crippen molar-refractivity contribution in [1.29, 1.82) is 0 Å². The highest BCUT2D eigenvalue weighted by Gasteiger charge is 2.18. The number of nitrogens with one attached hydrogen (secondary N) is 1. The summed E-state index contributed by atoms with van der Waals surface area (Å²) in [4.78, 5) is 14.7. The SMILES string of the molecule is CCOc1ccc(-c2cc(C(=O)NCC(c3ccc(C)cc3)N(C)C)no2)cc1. The maximum absolute atomic E-state index is 12.6. The molecule has 1 aromatic heterocycles. The summed E-state index contributed by atoms with van der Waals surface area (Å²) in [5.74, 6) is 1.07. The van der Waals surface area contributed by atoms with Crippen molar-refractivity contribution in [3.63, 3.8) is 0 Å². The third-order valence-electron chi connectivity index (χ3n) is 4.73. The summed E-state index contributed by atoms with van der Waals surface area (Å²) < 4.78 is 10.8. The number of aryl methyl sites for hydroxylation is 1. The van der Waals surface area contributed by atoms with Gasteiger partial charge < -0.3 is 19.5 Å². The molecule has 2 aromatic carbocycles. The first kappa shape index (κ1) is 20.6. The quantitative estimate of drug-likeness (QED) is 0.625. The molecule has 0 fully saturated rings. The summed E-state index contributed by atoms with van der Waals surface area (Å²) in [7, 11) is 3.99. The number of carbonyl (C=O) groups is 1. The van der Waals surface area contributed by atoms with Gasteiger partial charge in [-0.05, 0) is 57.8 Å². The highest BCUT2D eigenvalue weighted by molar-refractivity contribution is 5.93. The van der Waals surface area contributed by atoms with E-state index in [0.29, 0.717) is 18.9 Å². The van der Waals surface area contributed by atoms with E-state index in [9.17, 15) is 4.79 Å². The number of aromatic nitrogens is 1. The molecule has 1 amide bonds. The molecule has 1 N–H and O–H groups in total. The topological polar surface area (TPSA) is 67.6 Å². The Balaban J connectivity index is 1.65. The lowest BCUT2D eigenvalue weighted by Crippen LogP contribution is -2.34. The molecule has 3 rings (SSSR count). The van der Waals surface area contributed by atoms with Gasteiger partial charge in [0, 0.05) is 18.2 Å². The van der Waals surface area contributed by atoms with Crippen LogP contribution in [0.25, 0.3) is 11.3 Å². The van der Waals surface area contributed by atoms with E-state index in [-0.39, 0.29) is 17.6 Å². The van der Waals surface area contributed by atoms with Crippen molar-refractivity contribution < 1.29 is 14.1 Å². The number of carbonyl (C=O) groups excluding carboxylic acids is 1. The Morgan fingerprint density at radius 2 is 1.83 bits per heavy atom. The van der Waals surface area contributed by atoms with Gasteiger partial charge in [-0.3, -0.25) is 4.79 Å². The van der Waals surface area contributed by atoms with Crippen LogP contribution in [0.1, 0.15) is 34.6 Å². The van der Waals surface area contributed by atoms with Crippen molar-refractivity contribution in [1.82, 2.24) is 15.4 Å². The average molecular weight is 393 g/mol. The van der Waals surface area contributed by atoms with Gasteiger partial charge in [-0.1, -0.05) is 35.0 Å². The first-order valence-electron chi connectivity index (χ1n) is 9.69. The summed E-state index contributed by atoms with van der Waals surface area (Å²) in [5, 5.41) is 6.89. The molecular weight excluding hydrogens is 366 g/mol. The fraction of sp³-hybridized carbons (Fsp3) is 0.304. The standard InChI is InChI=1S/C23H27N3O3/c1-5-28-19-12-10-18(11-13-19)22-14-20(25-29-22)23(27)24-15-21(26(3)4)17-8-6-16(2)7-9-17/h6-14,21H,5,15H2,1-4H3,(H,24,27). The first-order chi connectivity index (χ1) is 14.0. The third-order valence-corrected chi connectivity index (χ3v) is 4.73. The van der Waals surface area contributed by atoms with Gasteiger partial charge in [0.15, 0.2) is 11.5 Å². The van der Waals surface area contributed by atoms with Gasteiger partial charge in [0.05, 0.1) is 12.6 Å². The van der Waals surface area contributed by atoms with E-state index in [2.05, 4.69) is 46.6 Å². The lowest BCUT2D eigenvalue weighted by atomic mass is 10.0. The van der Waals surface area contributed by atoms with Crippen molar-refractivity contribution in [3.05, 3.63) is 71.4 Å². The minimum absolute atomic E-state index is 0.0667. The Bertz CT molecular complexity index is 931. The van der Waals surface area contributed by atoms with Crippen LogP contribution < -0.4 is 10.1 Å². The molecule has 0 aliphatic heterocycles. The fourth-order valence-corrected chi connectivity index (χ4v) is 3.07. The molecule has 1 atom stereocenters. The number of ether oxygens (including phenoxy) is 1. The smallest absolute Gasteiger partial charge is 0.273 e. The van der Waals surface area contributed by atoms with Crippen LogP contribution in [0.15, 0.2) is 59.1 Å². The summed E-state index contributed by atoms with van der Waals surface area (Å²) >= 11 is 0. The van der Waals surface area contributed by atoms with Gasteiger partial charge >= 0.3 is 0 Å². The maximum Gasteiger partial charge on any atom is 0.273 e. The van der Waals surface area contributed by atoms with E-state index in [4.69, 9.17) is 9.26 Å². The third kappa shape index (κ3) is 5.23. The summed E-state index contributed by atoms with van der Waals surface area (Å²) in [6.07, 6.45) is 0. The van der Waals surface area contributed by atoms with Gasteiger partial charge in [0.1, 0.15) is 5.75 Å². The highest BCUT2D eigenvalue weighted by atomic mass is 16.5. The van der Waals surface area contributed by atoms with Crippen LogP contribution in [-0.4, -0.2) is 43.2 Å². The Morgan fingerprint density at radius 3 is 2.45 bits per heavy atom. The molecule has 0 aliphatic rings. The summed E-state index contributed by atoms with van der Waals surface area (Å²) in [6, 6.07) is 17.5. The largest absolute Gasteiger partial charge is 0.494 e. The minimum Gasteiger partial charge on any atom is -0.494 e. The highest BCUT2D eigenvalue weighted by Crippen LogP contribution is 2.23. The number of benzene rings is 2. The second-order valence-corrected chi connectivity index (χ2v) is 7.13. The molecule has 29 heavy (non-hydrogen) atoms. The molecule has 0 saturated carbocycles. The van der Waals surface area contributed by atoms with Crippen LogP contribution >= 0.6 is 0 Å². The van der Waals surface area contributed by atoms with Gasteiger partial charge in [-0.25, -0.2) is 0 Å². The molecule has 0 saturated heterocycles. The van der Waals surface area contributed by atoms with Crippen LogP contribution in [0.4, 0.5) is 0 Å². The van der Waals surface area contributed by atoms with Crippen molar-refractivity contribution >= 4 is 5.91 Å². The van der Waals surface area contributed by atoms with E-state index in [1.807, 2.05) is 45.3 Å². The normalized spacial score (nSPS) is 12.0. The first-order valence-corrected chi connectivity index (χ1v) is 9.69. The maximum atomic E-state index is 12.6. The molecule has 6 nitrogen and oxygen atoms in total. The molecule has 0 bridgehead atoms. The van der Waals surface area contributed by atoms with Crippen LogP contribution in [0.2, 0.25) is 0 Å². The number of nitrogens with zero attached hydrogens (tertiary/aromatic N) is 2. The Labute approximate surface area is 171 Å². The monoisotopic (exact) mass is 393 g/mol. The van der Waals surface area contributed by atoms with Crippen molar-refractivity contribution in [2.24, 2.45) is 0 Å². The number of hydrogen-bond donors (Lipinski definition) is 1. The van der Waals surface area contributed by atoms with E-state index in [1.165, 1.54) is 5.56 Å². The van der Waals surface area contributed by atoms with Gasteiger partial charge in [0.2, 0.25) is 0 Å². The predicted octanol–water partition coefficient (Wildman–Crippen LogP) is 4.08. The second-order valence-electron chi connectivity index (χ2n) is 7.13. The van der Waals surface area contributed by atoms with Gasteiger partial charge in [-0.2, -0.15) is 0 Å². The molecular formula is C23H27N3O3. The zero-order chi connectivity index (χ0) is 20.8. The van der Waals surface area contributed by atoms with E-state index < -0.39 is 0 Å². The Hall–Kier alpha value is -3.12. The van der Waals surface area contributed by atoms with Crippen LogP contribution in [0.3, 0.4) is 0 Å². The van der Waals surface area contributed by atoms with Crippen molar-refractivity contribution in [2.45, 2.75) is 19.9 Å². The lowest BCUT2D eigenvalue weighted by Gasteiger charge is -2.25. The zero-order valence-corrected chi connectivity index (χ0v) is 17.3. The van der Waals surface area contributed by atoms with E-state index in [0.717, 1.165) is 16.9 Å². The number of rotatable bonds is 8. The number of hydrogen-bond acceptors (Lipinski definition) is 5. The Kier molecular flexibility index (Phi) is 6.67. The van der Waals surface area contributed by atoms with Gasteiger partial charge in [0.25, 0.3) is 5.91 Å². The fourth-order valence-electron chi connectivity index (χ4n) is 3.07. The average Bonchev–Trinajstić information content (AvgIpc) is 3.20. The summed E-state index contributed by atoms with van der Waals surface area (Å²) in [5.41, 5.74) is 3.46. The molecule has 3 aromatic rings. The zero-order valence-electron chi connectivity index (χ0n) is 17.3. The van der Waals surface area contributed by atoms with Crippen LogP contribution in [-0.2, 0) is 0 Å². The van der Waals surface area contributed by atoms with E-state index >= 15 is 0 Å². The molecule has 1 unspecified atom stereocenters. The van der Waals surface area contributed by atoms with Crippen LogP contribution in [0, 0.1) is 6.92 Å². The molecule has 0 radical (unpaired) electrons. The van der Waals surface area contributed by atoms with Gasteiger partial charge in [-0.15, -0.1) is 0 Å².